The molecule has 1 aromatic heterocycles. The Balaban J connectivity index is 2.24. The summed E-state index contributed by atoms with van der Waals surface area (Å²) in [4.78, 5) is 11.2. The van der Waals surface area contributed by atoms with E-state index in [0.29, 0.717) is 12.2 Å². The van der Waals surface area contributed by atoms with Crippen molar-refractivity contribution in [1.29, 1.82) is 0 Å². The number of hydrogen-bond donors (Lipinski definition) is 2. The SMILES string of the molecule is COCc1c(C(N)=O)nnn1CC1(CO)CC1. The first kappa shape index (κ1) is 12.0. The number of carbonyl (C=O) groups is 1. The standard InChI is InChI=1S/C10H16N4O3/c1-17-4-7-8(9(11)16)12-13-14(7)5-10(6-15)2-3-10/h15H,2-6H2,1H3,(H2,11,16). The number of nitrogens with zero attached hydrogens (tertiary/aromatic N) is 3. The molecule has 0 saturated heterocycles. The zero-order chi connectivity index (χ0) is 12.5. The molecule has 1 saturated carbocycles. The first-order valence-corrected chi connectivity index (χ1v) is 5.44. The van der Waals surface area contributed by atoms with Gasteiger partial charge in [0.1, 0.15) is 0 Å². The molecule has 17 heavy (non-hydrogen) atoms. The lowest BCUT2D eigenvalue weighted by atomic mass is 10.1. The second-order valence-corrected chi connectivity index (χ2v) is 4.50. The number of carbonyl (C=O) groups excluding carboxylic acids is 1. The molecule has 1 aromatic rings. The topological polar surface area (TPSA) is 103 Å². The van der Waals surface area contributed by atoms with Gasteiger partial charge in [0.25, 0.3) is 5.91 Å². The van der Waals surface area contributed by atoms with Crippen LogP contribution in [0.15, 0.2) is 0 Å². The van der Waals surface area contributed by atoms with E-state index in [0.717, 1.165) is 12.8 Å². The van der Waals surface area contributed by atoms with Crippen LogP contribution in [0.5, 0.6) is 0 Å². The van der Waals surface area contributed by atoms with Crippen LogP contribution in [-0.4, -0.2) is 39.7 Å². The number of aliphatic hydroxyl groups is 1. The van der Waals surface area contributed by atoms with Gasteiger partial charge in [-0.15, -0.1) is 5.10 Å². The third-order valence-electron chi connectivity index (χ3n) is 3.13. The maximum Gasteiger partial charge on any atom is 0.271 e. The summed E-state index contributed by atoms with van der Waals surface area (Å²) in [5, 5.41) is 16.9. The number of aliphatic hydroxyl groups excluding tert-OH is 1. The summed E-state index contributed by atoms with van der Waals surface area (Å²) in [6.45, 7) is 0.889. The lowest BCUT2D eigenvalue weighted by molar-refractivity contribution is 0.0989. The Morgan fingerprint density at radius 3 is 2.82 bits per heavy atom. The van der Waals surface area contributed by atoms with E-state index < -0.39 is 5.91 Å². The number of aromatic nitrogens is 3. The Labute approximate surface area is 98.5 Å². The molecule has 0 unspecified atom stereocenters. The van der Waals surface area contributed by atoms with Gasteiger partial charge in [-0.05, 0) is 12.8 Å². The number of primary amides is 1. The predicted molar refractivity (Wildman–Crippen MR) is 58.0 cm³/mol. The molecule has 1 aliphatic carbocycles. The minimum atomic E-state index is -0.614. The minimum Gasteiger partial charge on any atom is -0.396 e. The van der Waals surface area contributed by atoms with Crippen molar-refractivity contribution in [2.24, 2.45) is 11.1 Å². The number of hydrogen-bond acceptors (Lipinski definition) is 5. The van der Waals surface area contributed by atoms with Gasteiger partial charge in [0.15, 0.2) is 5.69 Å². The molecule has 0 bridgehead atoms. The van der Waals surface area contributed by atoms with E-state index in [1.54, 1.807) is 4.68 Å². The summed E-state index contributed by atoms with van der Waals surface area (Å²) >= 11 is 0. The second kappa shape index (κ2) is 4.42. The molecule has 1 fully saturated rings. The highest BCUT2D eigenvalue weighted by Gasteiger charge is 2.43. The molecule has 3 N–H and O–H groups in total. The molecule has 1 aliphatic rings. The fourth-order valence-electron chi connectivity index (χ4n) is 1.79. The molecular weight excluding hydrogens is 224 g/mol. The molecule has 0 aliphatic heterocycles. The Morgan fingerprint density at radius 1 is 1.65 bits per heavy atom. The summed E-state index contributed by atoms with van der Waals surface area (Å²) in [5.41, 5.74) is 5.81. The molecule has 2 rings (SSSR count). The Bertz CT molecular complexity index is 425. The van der Waals surface area contributed by atoms with Crippen molar-refractivity contribution >= 4 is 5.91 Å². The van der Waals surface area contributed by atoms with Gasteiger partial charge in [-0.1, -0.05) is 5.21 Å². The summed E-state index contributed by atoms with van der Waals surface area (Å²) < 4.78 is 6.62. The summed E-state index contributed by atoms with van der Waals surface area (Å²) in [5.74, 6) is -0.614. The van der Waals surface area contributed by atoms with Crippen LogP contribution in [0.4, 0.5) is 0 Å². The van der Waals surface area contributed by atoms with E-state index in [1.807, 2.05) is 0 Å². The van der Waals surface area contributed by atoms with Gasteiger partial charge in [-0.3, -0.25) is 4.79 Å². The monoisotopic (exact) mass is 240 g/mol. The highest BCUT2D eigenvalue weighted by Crippen LogP contribution is 2.46. The highest BCUT2D eigenvalue weighted by molar-refractivity contribution is 5.91. The van der Waals surface area contributed by atoms with E-state index >= 15 is 0 Å². The third kappa shape index (κ3) is 2.29. The average Bonchev–Trinajstić information content (AvgIpc) is 2.96. The Kier molecular flexibility index (Phi) is 3.12. The van der Waals surface area contributed by atoms with Crippen LogP contribution in [0.25, 0.3) is 0 Å². The maximum absolute atomic E-state index is 11.2. The van der Waals surface area contributed by atoms with E-state index in [9.17, 15) is 9.90 Å². The second-order valence-electron chi connectivity index (χ2n) is 4.50. The summed E-state index contributed by atoms with van der Waals surface area (Å²) in [6.07, 6.45) is 1.92. The van der Waals surface area contributed by atoms with Crippen molar-refractivity contribution in [2.45, 2.75) is 26.0 Å². The van der Waals surface area contributed by atoms with Crippen molar-refractivity contribution in [1.82, 2.24) is 15.0 Å². The summed E-state index contributed by atoms with van der Waals surface area (Å²) in [7, 11) is 1.53. The highest BCUT2D eigenvalue weighted by atomic mass is 16.5. The van der Waals surface area contributed by atoms with Gasteiger partial charge in [0.2, 0.25) is 0 Å². The number of methoxy groups -OCH3 is 1. The van der Waals surface area contributed by atoms with Crippen molar-refractivity contribution < 1.29 is 14.6 Å². The van der Waals surface area contributed by atoms with Crippen molar-refractivity contribution in [2.75, 3.05) is 13.7 Å². The first-order valence-electron chi connectivity index (χ1n) is 5.44. The van der Waals surface area contributed by atoms with Crippen molar-refractivity contribution in [3.05, 3.63) is 11.4 Å². The molecule has 0 aromatic carbocycles. The fourth-order valence-corrected chi connectivity index (χ4v) is 1.79. The van der Waals surface area contributed by atoms with E-state index in [-0.39, 0.29) is 24.3 Å². The number of nitrogens with two attached hydrogens (primary N) is 1. The zero-order valence-corrected chi connectivity index (χ0v) is 9.72. The largest absolute Gasteiger partial charge is 0.396 e. The van der Waals surface area contributed by atoms with Gasteiger partial charge < -0.3 is 15.6 Å². The van der Waals surface area contributed by atoms with Crippen LogP contribution in [0, 0.1) is 5.41 Å². The lowest BCUT2D eigenvalue weighted by Gasteiger charge is -2.13. The van der Waals surface area contributed by atoms with Crippen LogP contribution < -0.4 is 5.73 Å². The van der Waals surface area contributed by atoms with Crippen LogP contribution in [0.1, 0.15) is 29.0 Å². The average molecular weight is 240 g/mol. The molecule has 94 valence electrons. The smallest absolute Gasteiger partial charge is 0.271 e. The number of ether oxygens (including phenoxy) is 1. The van der Waals surface area contributed by atoms with Crippen LogP contribution >= 0.6 is 0 Å². The number of rotatable bonds is 6. The molecule has 7 heteroatoms. The van der Waals surface area contributed by atoms with Gasteiger partial charge in [-0.2, -0.15) is 0 Å². The summed E-state index contributed by atoms with van der Waals surface area (Å²) in [6, 6.07) is 0. The zero-order valence-electron chi connectivity index (χ0n) is 9.72. The minimum absolute atomic E-state index is 0.106. The van der Waals surface area contributed by atoms with E-state index in [4.69, 9.17) is 10.5 Å². The van der Waals surface area contributed by atoms with Crippen molar-refractivity contribution in [3.8, 4) is 0 Å². The molecule has 7 nitrogen and oxygen atoms in total. The van der Waals surface area contributed by atoms with Gasteiger partial charge in [-0.25, -0.2) is 4.68 Å². The number of amides is 1. The van der Waals surface area contributed by atoms with Gasteiger partial charge in [0, 0.05) is 12.5 Å². The van der Waals surface area contributed by atoms with Crippen LogP contribution in [-0.2, 0) is 17.9 Å². The third-order valence-corrected chi connectivity index (χ3v) is 3.13. The maximum atomic E-state index is 11.2. The Morgan fingerprint density at radius 2 is 2.35 bits per heavy atom. The van der Waals surface area contributed by atoms with E-state index in [1.165, 1.54) is 7.11 Å². The van der Waals surface area contributed by atoms with Gasteiger partial charge in [0.05, 0.1) is 25.5 Å². The van der Waals surface area contributed by atoms with E-state index in [2.05, 4.69) is 10.3 Å². The molecule has 1 amide bonds. The lowest BCUT2D eigenvalue weighted by Crippen LogP contribution is -2.20. The fraction of sp³-hybridized carbons (Fsp3) is 0.700. The molecule has 0 radical (unpaired) electrons. The molecular formula is C10H16N4O3. The quantitative estimate of drug-likeness (QED) is 0.684. The Hall–Kier alpha value is -1.47. The van der Waals surface area contributed by atoms with Gasteiger partial charge >= 0.3 is 0 Å². The van der Waals surface area contributed by atoms with Crippen molar-refractivity contribution in [3.63, 3.8) is 0 Å². The van der Waals surface area contributed by atoms with Crippen LogP contribution in [0.3, 0.4) is 0 Å². The molecule has 0 atom stereocenters. The first-order chi connectivity index (χ1) is 8.12. The molecule has 0 spiro atoms. The normalized spacial score (nSPS) is 17.1. The predicted octanol–water partition coefficient (Wildman–Crippen LogP) is -0.704. The van der Waals surface area contributed by atoms with Crippen LogP contribution in [0.2, 0.25) is 0 Å². The molecule has 1 heterocycles.